The quantitative estimate of drug-likeness (QED) is 0.512. The Bertz CT molecular complexity index is 151. The van der Waals surface area contributed by atoms with Gasteiger partial charge in [0.1, 0.15) is 5.05 Å². The summed E-state index contributed by atoms with van der Waals surface area (Å²) in [6.45, 7) is 8.56. The van der Waals surface area contributed by atoms with E-state index in [1.165, 1.54) is 0 Å². The fourth-order valence-electron chi connectivity index (χ4n) is 0.886. The molecule has 0 amide bonds. The summed E-state index contributed by atoms with van der Waals surface area (Å²) in [5.74, 6) is 0. The molecule has 13 heavy (non-hydrogen) atoms. The van der Waals surface area contributed by atoms with Crippen molar-refractivity contribution >= 4 is 44.9 Å². The Morgan fingerprint density at radius 3 is 1.85 bits per heavy atom. The molecule has 0 rings (SSSR count). The molecule has 0 radical (unpaired) electrons. The molecule has 0 fully saturated rings. The second kappa shape index (κ2) is 7.98. The molecule has 0 aliphatic rings. The third kappa shape index (κ3) is 7.68. The van der Waals surface area contributed by atoms with E-state index in [9.17, 15) is 0 Å². The SMILES string of the molecule is CCO[Si](C)(OCC)OC(C)=S.[LiH]. The van der Waals surface area contributed by atoms with Crippen molar-refractivity contribution in [2.75, 3.05) is 13.2 Å². The molecule has 0 spiro atoms. The summed E-state index contributed by atoms with van der Waals surface area (Å²) in [7, 11) is -2.45. The van der Waals surface area contributed by atoms with Crippen molar-refractivity contribution in [2.24, 2.45) is 0 Å². The zero-order chi connectivity index (χ0) is 9.61. The van der Waals surface area contributed by atoms with Crippen molar-refractivity contribution in [3.63, 3.8) is 0 Å². The van der Waals surface area contributed by atoms with Gasteiger partial charge < -0.3 is 13.3 Å². The van der Waals surface area contributed by atoms with Crippen LogP contribution in [0.4, 0.5) is 0 Å². The summed E-state index contributed by atoms with van der Waals surface area (Å²) in [5.41, 5.74) is 0. The van der Waals surface area contributed by atoms with Gasteiger partial charge in [-0.25, -0.2) is 0 Å². The van der Waals surface area contributed by atoms with Crippen molar-refractivity contribution in [1.29, 1.82) is 0 Å². The fourth-order valence-corrected chi connectivity index (χ4v) is 3.11. The summed E-state index contributed by atoms with van der Waals surface area (Å²) in [6, 6.07) is 0. The van der Waals surface area contributed by atoms with Gasteiger partial charge in [0, 0.05) is 26.7 Å². The topological polar surface area (TPSA) is 27.7 Å². The van der Waals surface area contributed by atoms with Crippen LogP contribution in [0.1, 0.15) is 20.8 Å². The van der Waals surface area contributed by atoms with Crippen LogP contribution in [0.15, 0.2) is 0 Å². The zero-order valence-electron chi connectivity index (χ0n) is 8.05. The molecule has 0 saturated heterocycles. The monoisotopic (exact) mass is 216 g/mol. The van der Waals surface area contributed by atoms with Gasteiger partial charge in [-0.2, -0.15) is 0 Å². The maximum atomic E-state index is 5.39. The molecule has 0 saturated carbocycles. The Kier molecular flexibility index (Phi) is 9.86. The molecule has 3 nitrogen and oxygen atoms in total. The van der Waals surface area contributed by atoms with Crippen LogP contribution >= 0.6 is 12.2 Å². The Hall–Kier alpha value is 0.624. The van der Waals surface area contributed by atoms with E-state index in [4.69, 9.17) is 25.5 Å². The van der Waals surface area contributed by atoms with Gasteiger partial charge in [-0.3, -0.25) is 0 Å². The van der Waals surface area contributed by atoms with Gasteiger partial charge in [-0.1, -0.05) is 0 Å². The predicted octanol–water partition coefficient (Wildman–Crippen LogP) is 1.34. The number of hydrogen-bond acceptors (Lipinski definition) is 4. The summed E-state index contributed by atoms with van der Waals surface area (Å²) in [5, 5.41) is 0.478. The van der Waals surface area contributed by atoms with Crippen molar-refractivity contribution in [3.05, 3.63) is 0 Å². The number of thiocarbonyl (C=S) groups is 1. The summed E-state index contributed by atoms with van der Waals surface area (Å²) in [4.78, 5) is 0. The summed E-state index contributed by atoms with van der Waals surface area (Å²) in [6.07, 6.45) is 0. The molecule has 6 heteroatoms. The second-order valence-corrected chi connectivity index (χ2v) is 5.40. The van der Waals surface area contributed by atoms with Crippen LogP contribution in [0.2, 0.25) is 6.55 Å². The molecule has 0 aromatic heterocycles. The molecule has 0 aromatic rings. The molecule has 0 bridgehead atoms. The van der Waals surface area contributed by atoms with Crippen molar-refractivity contribution < 1.29 is 13.3 Å². The van der Waals surface area contributed by atoms with Gasteiger partial charge >= 0.3 is 27.7 Å². The molecule has 0 unspecified atom stereocenters. The molecule has 0 aliphatic heterocycles. The van der Waals surface area contributed by atoms with E-state index in [-0.39, 0.29) is 18.9 Å². The Balaban J connectivity index is 0. The first kappa shape index (κ1) is 16.1. The number of hydrogen-bond donors (Lipinski definition) is 0. The van der Waals surface area contributed by atoms with Crippen LogP contribution in [-0.2, 0) is 13.3 Å². The third-order valence-electron chi connectivity index (χ3n) is 1.14. The predicted molar refractivity (Wildman–Crippen MR) is 61.4 cm³/mol. The van der Waals surface area contributed by atoms with Crippen LogP contribution in [0, 0.1) is 0 Å². The molecular weight excluding hydrogens is 199 g/mol. The minimum absolute atomic E-state index is 0. The van der Waals surface area contributed by atoms with E-state index in [0.29, 0.717) is 18.3 Å². The first-order valence-corrected chi connectivity index (χ1v) is 6.65. The standard InChI is InChI=1S/C7H16O3SSi.Li.H/c1-5-8-12(4,9-6-2)10-7(3)11;;/h5-6H2,1-4H3;;. The first-order valence-electron chi connectivity index (χ1n) is 4.01. The van der Waals surface area contributed by atoms with Crippen molar-refractivity contribution in [3.8, 4) is 0 Å². The van der Waals surface area contributed by atoms with Gasteiger partial charge in [-0.15, -0.1) is 0 Å². The molecule has 0 aliphatic carbocycles. The van der Waals surface area contributed by atoms with E-state index in [0.717, 1.165) is 0 Å². The Morgan fingerprint density at radius 2 is 1.62 bits per heavy atom. The average Bonchev–Trinajstić information content (AvgIpc) is 1.85. The van der Waals surface area contributed by atoms with Crippen LogP contribution in [-0.4, -0.2) is 45.9 Å². The normalized spacial score (nSPS) is 10.5. The first-order chi connectivity index (χ1) is 5.54. The van der Waals surface area contributed by atoms with Crippen LogP contribution in [0.5, 0.6) is 0 Å². The minimum atomic E-state index is -2.45. The van der Waals surface area contributed by atoms with Crippen LogP contribution in [0.3, 0.4) is 0 Å². The molecule has 74 valence electrons. The van der Waals surface area contributed by atoms with Gasteiger partial charge in [0.05, 0.1) is 0 Å². The van der Waals surface area contributed by atoms with Crippen molar-refractivity contribution in [1.82, 2.24) is 0 Å². The van der Waals surface area contributed by atoms with Gasteiger partial charge in [0.25, 0.3) is 0 Å². The fraction of sp³-hybridized carbons (Fsp3) is 0.857. The van der Waals surface area contributed by atoms with Crippen molar-refractivity contribution in [2.45, 2.75) is 27.3 Å². The van der Waals surface area contributed by atoms with Gasteiger partial charge in [0.15, 0.2) is 0 Å². The van der Waals surface area contributed by atoms with Crippen LogP contribution in [0.25, 0.3) is 0 Å². The maximum absolute atomic E-state index is 5.39. The van der Waals surface area contributed by atoms with E-state index in [1.54, 1.807) is 6.92 Å². The average molecular weight is 216 g/mol. The Labute approximate surface area is 98.7 Å². The van der Waals surface area contributed by atoms with Gasteiger partial charge in [0.2, 0.25) is 0 Å². The molecule has 0 aromatic carbocycles. The zero-order valence-corrected chi connectivity index (χ0v) is 9.86. The second-order valence-electron chi connectivity index (χ2n) is 2.32. The molecule has 0 N–H and O–H groups in total. The molecule has 0 heterocycles. The van der Waals surface area contributed by atoms with E-state index in [2.05, 4.69) is 0 Å². The third-order valence-corrected chi connectivity index (χ3v) is 3.68. The summed E-state index contributed by atoms with van der Waals surface area (Å²) < 4.78 is 16.1. The Morgan fingerprint density at radius 1 is 1.23 bits per heavy atom. The molecule has 0 atom stereocenters. The van der Waals surface area contributed by atoms with Crippen LogP contribution < -0.4 is 0 Å². The summed E-state index contributed by atoms with van der Waals surface area (Å²) >= 11 is 4.82. The van der Waals surface area contributed by atoms with Gasteiger partial charge in [-0.05, 0) is 26.1 Å². The van der Waals surface area contributed by atoms with E-state index >= 15 is 0 Å². The van der Waals surface area contributed by atoms with E-state index in [1.807, 2.05) is 20.4 Å². The van der Waals surface area contributed by atoms with E-state index < -0.39 is 8.80 Å². The molecular formula is C7H17LiO3SSi. The number of rotatable bonds is 5.